The van der Waals surface area contributed by atoms with Crippen LogP contribution in [0.25, 0.3) is 16.2 Å². The van der Waals surface area contributed by atoms with Crippen molar-refractivity contribution in [2.75, 3.05) is 0 Å². The summed E-state index contributed by atoms with van der Waals surface area (Å²) in [5.41, 5.74) is 3.75. The van der Waals surface area contributed by atoms with Crippen molar-refractivity contribution in [2.24, 2.45) is 0 Å². The molecule has 0 aliphatic rings. The Labute approximate surface area is 178 Å². The second-order valence-corrected chi connectivity index (χ2v) is 8.25. The summed E-state index contributed by atoms with van der Waals surface area (Å²) in [4.78, 5) is 19.0. The number of ether oxygens (including phenoxy) is 1. The SMILES string of the molecule is Cc1cccc(OC(C)C(=O)NCc2sc3nc(-c4ccc(F)cc4)cn3c2C)c1. The molecule has 1 amide bonds. The van der Waals surface area contributed by atoms with Crippen LogP contribution in [0.3, 0.4) is 0 Å². The third kappa shape index (κ3) is 4.21. The van der Waals surface area contributed by atoms with Crippen LogP contribution in [0.1, 0.15) is 23.1 Å². The quantitative estimate of drug-likeness (QED) is 0.480. The summed E-state index contributed by atoms with van der Waals surface area (Å²) >= 11 is 1.52. The minimum Gasteiger partial charge on any atom is -0.481 e. The number of hydrogen-bond donors (Lipinski definition) is 1. The number of nitrogens with zero attached hydrogens (tertiary/aromatic N) is 2. The molecular formula is C23H22FN3O2S. The summed E-state index contributed by atoms with van der Waals surface area (Å²) < 4.78 is 20.9. The van der Waals surface area contributed by atoms with Gasteiger partial charge in [0.2, 0.25) is 0 Å². The number of thiazole rings is 1. The Morgan fingerprint density at radius 2 is 2.00 bits per heavy atom. The van der Waals surface area contributed by atoms with Crippen molar-refractivity contribution in [1.82, 2.24) is 14.7 Å². The van der Waals surface area contributed by atoms with Crippen molar-refractivity contribution in [3.05, 3.63) is 76.7 Å². The van der Waals surface area contributed by atoms with E-state index in [0.29, 0.717) is 12.3 Å². The molecule has 0 bridgehead atoms. The van der Waals surface area contributed by atoms with Gasteiger partial charge in [-0.05, 0) is 62.7 Å². The molecular weight excluding hydrogens is 401 g/mol. The fourth-order valence-electron chi connectivity index (χ4n) is 3.18. The average molecular weight is 424 g/mol. The van der Waals surface area contributed by atoms with E-state index in [2.05, 4.69) is 10.3 Å². The highest BCUT2D eigenvalue weighted by Gasteiger charge is 2.17. The van der Waals surface area contributed by atoms with Gasteiger partial charge in [-0.1, -0.05) is 23.5 Å². The smallest absolute Gasteiger partial charge is 0.261 e. The molecule has 0 aliphatic carbocycles. The van der Waals surface area contributed by atoms with Crippen LogP contribution in [0.4, 0.5) is 4.39 Å². The van der Waals surface area contributed by atoms with Crippen molar-refractivity contribution in [3.8, 4) is 17.0 Å². The number of rotatable bonds is 6. The summed E-state index contributed by atoms with van der Waals surface area (Å²) in [6, 6.07) is 13.9. The number of carbonyl (C=O) groups is 1. The number of amides is 1. The number of nitrogens with one attached hydrogen (secondary N) is 1. The second kappa shape index (κ2) is 8.28. The molecule has 4 rings (SSSR count). The van der Waals surface area contributed by atoms with Gasteiger partial charge in [-0.25, -0.2) is 9.37 Å². The first-order valence-corrected chi connectivity index (χ1v) is 10.5. The molecule has 0 aliphatic heterocycles. The molecule has 0 radical (unpaired) electrons. The largest absolute Gasteiger partial charge is 0.481 e. The van der Waals surface area contributed by atoms with E-state index in [1.54, 1.807) is 19.1 Å². The number of halogens is 1. The Bertz CT molecular complexity index is 1200. The predicted molar refractivity (Wildman–Crippen MR) is 116 cm³/mol. The summed E-state index contributed by atoms with van der Waals surface area (Å²) in [5, 5.41) is 2.94. The van der Waals surface area contributed by atoms with Gasteiger partial charge in [0.1, 0.15) is 11.6 Å². The molecule has 1 N–H and O–H groups in total. The number of imidazole rings is 1. The van der Waals surface area contributed by atoms with E-state index < -0.39 is 6.10 Å². The number of carbonyl (C=O) groups excluding carboxylic acids is 1. The van der Waals surface area contributed by atoms with Gasteiger partial charge >= 0.3 is 0 Å². The summed E-state index contributed by atoms with van der Waals surface area (Å²) in [7, 11) is 0. The van der Waals surface area contributed by atoms with Gasteiger partial charge in [0, 0.05) is 22.3 Å². The zero-order chi connectivity index (χ0) is 21.3. The van der Waals surface area contributed by atoms with Crippen LogP contribution in [-0.2, 0) is 11.3 Å². The molecule has 7 heteroatoms. The van der Waals surface area contributed by atoms with Gasteiger partial charge < -0.3 is 10.1 Å². The highest BCUT2D eigenvalue weighted by atomic mass is 32.1. The van der Waals surface area contributed by atoms with Gasteiger partial charge in [-0.15, -0.1) is 0 Å². The van der Waals surface area contributed by atoms with Crippen LogP contribution in [0.15, 0.2) is 54.7 Å². The minimum absolute atomic E-state index is 0.172. The minimum atomic E-state index is -0.596. The Hall–Kier alpha value is -3.19. The van der Waals surface area contributed by atoms with Crippen LogP contribution in [0.2, 0.25) is 0 Å². The maximum Gasteiger partial charge on any atom is 0.261 e. The fourth-order valence-corrected chi connectivity index (χ4v) is 4.22. The number of hydrogen-bond acceptors (Lipinski definition) is 4. The van der Waals surface area contributed by atoms with Crippen LogP contribution in [-0.4, -0.2) is 21.4 Å². The van der Waals surface area contributed by atoms with E-state index in [1.165, 1.54) is 23.5 Å². The molecule has 2 heterocycles. The summed E-state index contributed by atoms with van der Waals surface area (Å²) in [6.07, 6.45) is 1.34. The fraction of sp³-hybridized carbons (Fsp3) is 0.217. The third-order valence-electron chi connectivity index (χ3n) is 4.89. The molecule has 4 aromatic rings. The lowest BCUT2D eigenvalue weighted by atomic mass is 10.2. The van der Waals surface area contributed by atoms with E-state index in [1.807, 2.05) is 48.7 Å². The number of aromatic nitrogens is 2. The molecule has 1 atom stereocenters. The Kier molecular flexibility index (Phi) is 5.55. The lowest BCUT2D eigenvalue weighted by Gasteiger charge is -2.15. The van der Waals surface area contributed by atoms with Gasteiger partial charge in [-0.3, -0.25) is 9.20 Å². The lowest BCUT2D eigenvalue weighted by molar-refractivity contribution is -0.127. The van der Waals surface area contributed by atoms with E-state index in [9.17, 15) is 9.18 Å². The number of aryl methyl sites for hydroxylation is 2. The normalized spacial score (nSPS) is 12.1. The van der Waals surface area contributed by atoms with Crippen molar-refractivity contribution in [3.63, 3.8) is 0 Å². The number of benzene rings is 2. The first kappa shape index (κ1) is 20.1. The van der Waals surface area contributed by atoms with Gasteiger partial charge in [0.25, 0.3) is 5.91 Å². The monoisotopic (exact) mass is 423 g/mol. The zero-order valence-corrected chi connectivity index (χ0v) is 17.8. The number of fused-ring (bicyclic) bond motifs is 1. The second-order valence-electron chi connectivity index (χ2n) is 7.19. The molecule has 2 aromatic carbocycles. The van der Waals surface area contributed by atoms with Crippen molar-refractivity contribution in [1.29, 1.82) is 0 Å². The third-order valence-corrected chi connectivity index (χ3v) is 6.04. The maximum absolute atomic E-state index is 13.1. The molecule has 2 aromatic heterocycles. The summed E-state index contributed by atoms with van der Waals surface area (Å²) in [6.45, 7) is 6.12. The van der Waals surface area contributed by atoms with Gasteiger partial charge in [-0.2, -0.15) is 0 Å². The van der Waals surface area contributed by atoms with Crippen LogP contribution < -0.4 is 10.1 Å². The van der Waals surface area contributed by atoms with Crippen LogP contribution in [0, 0.1) is 19.7 Å². The molecule has 0 fully saturated rings. The molecule has 1 unspecified atom stereocenters. The van der Waals surface area contributed by atoms with E-state index in [4.69, 9.17) is 4.74 Å². The molecule has 154 valence electrons. The first-order chi connectivity index (χ1) is 14.4. The molecule has 30 heavy (non-hydrogen) atoms. The zero-order valence-electron chi connectivity index (χ0n) is 17.0. The highest BCUT2D eigenvalue weighted by Crippen LogP contribution is 2.27. The van der Waals surface area contributed by atoms with E-state index in [0.717, 1.165) is 32.4 Å². The van der Waals surface area contributed by atoms with Crippen molar-refractivity contribution in [2.45, 2.75) is 33.4 Å². The Morgan fingerprint density at radius 1 is 1.23 bits per heavy atom. The average Bonchev–Trinajstić information content (AvgIpc) is 3.26. The van der Waals surface area contributed by atoms with Crippen LogP contribution >= 0.6 is 11.3 Å². The lowest BCUT2D eigenvalue weighted by Crippen LogP contribution is -2.35. The highest BCUT2D eigenvalue weighted by molar-refractivity contribution is 7.17. The molecule has 0 spiro atoms. The van der Waals surface area contributed by atoms with E-state index in [-0.39, 0.29) is 11.7 Å². The first-order valence-electron chi connectivity index (χ1n) is 9.65. The van der Waals surface area contributed by atoms with Gasteiger partial charge in [0.05, 0.1) is 12.2 Å². The maximum atomic E-state index is 13.1. The van der Waals surface area contributed by atoms with Crippen molar-refractivity contribution >= 4 is 22.2 Å². The Morgan fingerprint density at radius 3 is 2.70 bits per heavy atom. The topological polar surface area (TPSA) is 55.6 Å². The standard InChI is InChI=1S/C23H22FN3O2S/c1-14-5-4-6-19(11-14)29-16(3)22(28)25-12-21-15(2)27-13-20(26-23(27)30-21)17-7-9-18(24)10-8-17/h4-11,13,16H,12H2,1-3H3,(H,25,28). The molecule has 0 saturated carbocycles. The summed E-state index contributed by atoms with van der Waals surface area (Å²) in [5.74, 6) is 0.236. The molecule has 0 saturated heterocycles. The van der Waals surface area contributed by atoms with Crippen molar-refractivity contribution < 1.29 is 13.9 Å². The van der Waals surface area contributed by atoms with Crippen LogP contribution in [0.5, 0.6) is 5.75 Å². The van der Waals surface area contributed by atoms with Gasteiger partial charge in [0.15, 0.2) is 11.1 Å². The predicted octanol–water partition coefficient (Wildman–Crippen LogP) is 4.90. The Balaban J connectivity index is 1.42. The van der Waals surface area contributed by atoms with E-state index >= 15 is 0 Å². The molecule has 5 nitrogen and oxygen atoms in total.